The summed E-state index contributed by atoms with van der Waals surface area (Å²) in [5.74, 6) is -1.11. The van der Waals surface area contributed by atoms with Gasteiger partial charge in [0.15, 0.2) is 0 Å². The molecule has 0 atom stereocenters. The highest BCUT2D eigenvalue weighted by Crippen LogP contribution is 2.18. The molecule has 1 aromatic carbocycles. The second-order valence-electron chi connectivity index (χ2n) is 5.12. The van der Waals surface area contributed by atoms with Gasteiger partial charge in [-0.15, -0.1) is 4.83 Å². The second kappa shape index (κ2) is 6.55. The van der Waals surface area contributed by atoms with E-state index in [0.717, 1.165) is 19.3 Å². The van der Waals surface area contributed by atoms with E-state index < -0.39 is 16.0 Å². The topological polar surface area (TPSA) is 86.7 Å². The predicted octanol–water partition coefficient (Wildman–Crippen LogP) is 1.63. The Morgan fingerprint density at radius 3 is 2.52 bits per heavy atom. The van der Waals surface area contributed by atoms with Crippen LogP contribution in [-0.4, -0.2) is 37.6 Å². The average Bonchev–Trinajstić information content (AvgIpc) is 2.47. The molecule has 0 aromatic heterocycles. The number of piperidine rings is 1. The molecule has 0 aliphatic carbocycles. The monoisotopic (exact) mass is 312 g/mol. The van der Waals surface area contributed by atoms with E-state index in [2.05, 4.69) is 4.83 Å². The van der Waals surface area contributed by atoms with Gasteiger partial charge in [-0.25, -0.2) is 18.2 Å². The summed E-state index contributed by atoms with van der Waals surface area (Å²) in [7, 11) is -3.73. The smallest absolute Gasteiger partial charge is 0.336 e. The van der Waals surface area contributed by atoms with Gasteiger partial charge in [0, 0.05) is 13.1 Å². The summed E-state index contributed by atoms with van der Waals surface area (Å²) in [6.07, 6.45) is 3.56. The molecule has 0 saturated carbocycles. The van der Waals surface area contributed by atoms with Crippen LogP contribution in [0.3, 0.4) is 0 Å². The lowest BCUT2D eigenvalue weighted by molar-refractivity contribution is 0.0695. The molecule has 2 rings (SSSR count). The summed E-state index contributed by atoms with van der Waals surface area (Å²) < 4.78 is 24.7. The number of sulfonamides is 1. The molecule has 7 heteroatoms. The molecule has 1 aromatic rings. The largest absolute Gasteiger partial charge is 0.478 e. The number of benzene rings is 1. The van der Waals surface area contributed by atoms with E-state index in [1.165, 1.54) is 12.1 Å². The van der Waals surface area contributed by atoms with Crippen LogP contribution in [0.5, 0.6) is 0 Å². The summed E-state index contributed by atoms with van der Waals surface area (Å²) >= 11 is 0. The number of aryl methyl sites for hydroxylation is 1. The zero-order chi connectivity index (χ0) is 15.5. The van der Waals surface area contributed by atoms with Gasteiger partial charge in [0.25, 0.3) is 10.0 Å². The Bertz CT molecular complexity index is 622. The number of hydrogen-bond donors (Lipinski definition) is 2. The van der Waals surface area contributed by atoms with Crippen LogP contribution in [0.1, 0.15) is 42.1 Å². The lowest BCUT2D eigenvalue weighted by Gasteiger charge is -2.26. The summed E-state index contributed by atoms with van der Waals surface area (Å²) in [6.45, 7) is 3.19. The molecule has 1 fully saturated rings. The minimum Gasteiger partial charge on any atom is -0.478 e. The standard InChI is InChI=1S/C14H20N2O4S/c1-2-11-6-7-12(10-13(11)14(17)18)21(19,20)15-16-8-4-3-5-9-16/h6-7,10,15H,2-5,8-9H2,1H3,(H,17,18). The van der Waals surface area contributed by atoms with E-state index in [4.69, 9.17) is 0 Å². The van der Waals surface area contributed by atoms with Gasteiger partial charge in [-0.05, 0) is 37.0 Å². The van der Waals surface area contributed by atoms with Crippen LogP contribution >= 0.6 is 0 Å². The number of hydrogen-bond acceptors (Lipinski definition) is 4. The van der Waals surface area contributed by atoms with Gasteiger partial charge in [-0.2, -0.15) is 0 Å². The Balaban J connectivity index is 2.27. The number of carbonyl (C=O) groups is 1. The van der Waals surface area contributed by atoms with Gasteiger partial charge in [-0.1, -0.05) is 19.4 Å². The highest BCUT2D eigenvalue weighted by molar-refractivity contribution is 7.89. The van der Waals surface area contributed by atoms with Crippen molar-refractivity contribution in [2.24, 2.45) is 0 Å². The minimum absolute atomic E-state index is 0.0114. The molecule has 0 radical (unpaired) electrons. The molecule has 0 amide bonds. The van der Waals surface area contributed by atoms with Gasteiger partial charge in [0.2, 0.25) is 0 Å². The third-order valence-electron chi connectivity index (χ3n) is 3.61. The first-order valence-corrected chi connectivity index (χ1v) is 8.56. The van der Waals surface area contributed by atoms with Crippen LogP contribution in [0.25, 0.3) is 0 Å². The maximum atomic E-state index is 12.3. The molecule has 116 valence electrons. The molecule has 1 aliphatic heterocycles. The van der Waals surface area contributed by atoms with Crippen molar-refractivity contribution >= 4 is 16.0 Å². The molecule has 0 spiro atoms. The van der Waals surface area contributed by atoms with Crippen molar-refractivity contribution in [3.8, 4) is 0 Å². The third kappa shape index (κ3) is 3.81. The van der Waals surface area contributed by atoms with Crippen molar-refractivity contribution in [2.75, 3.05) is 13.1 Å². The fraction of sp³-hybridized carbons (Fsp3) is 0.500. The van der Waals surface area contributed by atoms with Gasteiger partial charge >= 0.3 is 5.97 Å². The third-order valence-corrected chi connectivity index (χ3v) is 4.98. The van der Waals surface area contributed by atoms with Crippen molar-refractivity contribution in [1.82, 2.24) is 9.84 Å². The number of nitrogens with one attached hydrogen (secondary N) is 1. The summed E-state index contributed by atoms with van der Waals surface area (Å²) in [5, 5.41) is 10.9. The normalized spacial score (nSPS) is 16.8. The van der Waals surface area contributed by atoms with E-state index in [0.29, 0.717) is 25.1 Å². The maximum Gasteiger partial charge on any atom is 0.336 e. The number of hydrazine groups is 1. The molecular weight excluding hydrogens is 292 g/mol. The first-order valence-electron chi connectivity index (χ1n) is 7.07. The Morgan fingerprint density at radius 2 is 1.95 bits per heavy atom. The SMILES string of the molecule is CCc1ccc(S(=O)(=O)NN2CCCCC2)cc1C(=O)O. The van der Waals surface area contributed by atoms with E-state index in [9.17, 15) is 18.3 Å². The Morgan fingerprint density at radius 1 is 1.29 bits per heavy atom. The van der Waals surface area contributed by atoms with Crippen molar-refractivity contribution in [1.29, 1.82) is 0 Å². The average molecular weight is 312 g/mol. The van der Waals surface area contributed by atoms with E-state index >= 15 is 0 Å². The quantitative estimate of drug-likeness (QED) is 0.863. The van der Waals surface area contributed by atoms with Gasteiger partial charge in [-0.3, -0.25) is 0 Å². The fourth-order valence-corrected chi connectivity index (χ4v) is 3.59. The van der Waals surface area contributed by atoms with Crippen molar-refractivity contribution in [2.45, 2.75) is 37.5 Å². The minimum atomic E-state index is -3.73. The van der Waals surface area contributed by atoms with Crippen molar-refractivity contribution < 1.29 is 18.3 Å². The first kappa shape index (κ1) is 15.9. The molecule has 2 N–H and O–H groups in total. The Labute approximate surface area is 124 Å². The van der Waals surface area contributed by atoms with Gasteiger partial charge < -0.3 is 5.11 Å². The van der Waals surface area contributed by atoms with Crippen LogP contribution in [0.4, 0.5) is 0 Å². The van der Waals surface area contributed by atoms with Gasteiger partial charge in [0.05, 0.1) is 10.5 Å². The molecule has 21 heavy (non-hydrogen) atoms. The highest BCUT2D eigenvalue weighted by Gasteiger charge is 2.22. The van der Waals surface area contributed by atoms with Crippen LogP contribution in [0.15, 0.2) is 23.1 Å². The molecule has 1 aliphatic rings. The number of carboxylic acid groups (broad SMARTS) is 1. The molecular formula is C14H20N2O4S. The van der Waals surface area contributed by atoms with Crippen molar-refractivity contribution in [3.63, 3.8) is 0 Å². The number of rotatable bonds is 5. The first-order chi connectivity index (χ1) is 9.94. The summed E-state index contributed by atoms with van der Waals surface area (Å²) in [6, 6.07) is 4.25. The summed E-state index contributed by atoms with van der Waals surface area (Å²) in [4.78, 5) is 13.7. The fourth-order valence-electron chi connectivity index (χ4n) is 2.44. The van der Waals surface area contributed by atoms with Crippen LogP contribution in [0.2, 0.25) is 0 Å². The maximum absolute atomic E-state index is 12.3. The molecule has 6 nitrogen and oxygen atoms in total. The molecule has 0 bridgehead atoms. The van der Waals surface area contributed by atoms with Crippen LogP contribution in [0, 0.1) is 0 Å². The van der Waals surface area contributed by atoms with Crippen molar-refractivity contribution in [3.05, 3.63) is 29.3 Å². The lowest BCUT2D eigenvalue weighted by atomic mass is 10.1. The van der Waals surface area contributed by atoms with Crippen LogP contribution < -0.4 is 4.83 Å². The molecule has 1 heterocycles. The molecule has 1 saturated heterocycles. The number of nitrogens with zero attached hydrogens (tertiary/aromatic N) is 1. The van der Waals surface area contributed by atoms with Gasteiger partial charge in [0.1, 0.15) is 0 Å². The predicted molar refractivity (Wildman–Crippen MR) is 78.5 cm³/mol. The van der Waals surface area contributed by atoms with Crippen LogP contribution in [-0.2, 0) is 16.4 Å². The Hall–Kier alpha value is -1.44. The van der Waals surface area contributed by atoms with E-state index in [-0.39, 0.29) is 10.5 Å². The number of carboxylic acids is 1. The second-order valence-corrected chi connectivity index (χ2v) is 6.78. The molecule has 0 unspecified atom stereocenters. The summed E-state index contributed by atoms with van der Waals surface area (Å²) in [5.41, 5.74) is 0.665. The number of aromatic carboxylic acids is 1. The van der Waals surface area contributed by atoms with E-state index in [1.807, 2.05) is 6.92 Å². The van der Waals surface area contributed by atoms with E-state index in [1.54, 1.807) is 11.1 Å². The zero-order valence-corrected chi connectivity index (χ0v) is 12.8. The highest BCUT2D eigenvalue weighted by atomic mass is 32.2. The Kier molecular flexibility index (Phi) is 4.97. The lowest BCUT2D eigenvalue weighted by Crippen LogP contribution is -2.44. The zero-order valence-electron chi connectivity index (χ0n) is 12.0.